The Morgan fingerprint density at radius 2 is 1.75 bits per heavy atom. The van der Waals surface area contributed by atoms with Gasteiger partial charge in [-0.15, -0.1) is 0 Å². The molecule has 5 heteroatoms. The van der Waals surface area contributed by atoms with Gasteiger partial charge in [0, 0.05) is 26.2 Å². The minimum atomic E-state index is -0.993. The molecule has 5 nitrogen and oxygen atoms in total. The zero-order valence-electron chi connectivity index (χ0n) is 12.3. The van der Waals surface area contributed by atoms with Gasteiger partial charge in [0.1, 0.15) is 11.3 Å². The van der Waals surface area contributed by atoms with Crippen LogP contribution in [0.25, 0.3) is 0 Å². The summed E-state index contributed by atoms with van der Waals surface area (Å²) in [6.07, 6.45) is 0. The summed E-state index contributed by atoms with van der Waals surface area (Å²) in [5.74, 6) is -0.0768. The second-order valence-electron chi connectivity index (χ2n) is 5.40. The van der Waals surface area contributed by atoms with Gasteiger partial charge in [-0.1, -0.05) is 12.1 Å². The average molecular weight is 278 g/mol. The molecule has 2 rings (SSSR count). The molecule has 1 aromatic carbocycles. The highest BCUT2D eigenvalue weighted by Gasteiger charge is 2.42. The molecule has 0 bridgehead atoms. The molecule has 0 radical (unpaired) electrons. The monoisotopic (exact) mass is 278 g/mol. The van der Waals surface area contributed by atoms with Gasteiger partial charge in [0.05, 0.1) is 7.11 Å². The van der Waals surface area contributed by atoms with E-state index in [9.17, 15) is 9.90 Å². The number of benzene rings is 1. The van der Waals surface area contributed by atoms with Crippen molar-refractivity contribution in [1.29, 1.82) is 0 Å². The van der Waals surface area contributed by atoms with E-state index >= 15 is 0 Å². The van der Waals surface area contributed by atoms with Crippen molar-refractivity contribution < 1.29 is 14.6 Å². The Bertz CT molecular complexity index is 467. The summed E-state index contributed by atoms with van der Waals surface area (Å²) in [4.78, 5) is 16.1. The molecule has 0 saturated carbocycles. The highest BCUT2D eigenvalue weighted by Crippen LogP contribution is 2.30. The fourth-order valence-corrected chi connectivity index (χ4v) is 2.61. The van der Waals surface area contributed by atoms with Gasteiger partial charge < -0.3 is 14.7 Å². The first-order chi connectivity index (χ1) is 9.48. The topological polar surface area (TPSA) is 53.0 Å². The van der Waals surface area contributed by atoms with Crippen LogP contribution in [-0.4, -0.2) is 61.2 Å². The maximum Gasteiger partial charge on any atom is 0.328 e. The normalized spacial score (nSPS) is 20.4. The molecule has 1 unspecified atom stereocenters. The molecular formula is C15H22N2O3. The highest BCUT2D eigenvalue weighted by molar-refractivity contribution is 5.80. The van der Waals surface area contributed by atoms with Crippen LogP contribution in [0.5, 0.6) is 5.75 Å². The number of carboxylic acids is 1. The van der Waals surface area contributed by atoms with Crippen LogP contribution in [0.2, 0.25) is 0 Å². The van der Waals surface area contributed by atoms with Crippen molar-refractivity contribution in [2.24, 2.45) is 0 Å². The lowest BCUT2D eigenvalue weighted by Crippen LogP contribution is -2.56. The molecule has 110 valence electrons. The van der Waals surface area contributed by atoms with Crippen molar-refractivity contribution in [1.82, 2.24) is 9.80 Å². The van der Waals surface area contributed by atoms with E-state index in [2.05, 4.69) is 11.9 Å². The third kappa shape index (κ3) is 2.64. The standard InChI is InChI=1S/C15H22N2O3/c1-15(14(18)19,17-10-8-16(2)9-11-17)12-4-6-13(20-3)7-5-12/h4-7H,8-11H2,1-3H3,(H,18,19). The van der Waals surface area contributed by atoms with E-state index in [0.717, 1.165) is 37.5 Å². The van der Waals surface area contributed by atoms with Crippen molar-refractivity contribution in [3.8, 4) is 5.75 Å². The maximum absolute atomic E-state index is 11.9. The molecule has 0 spiro atoms. The summed E-state index contributed by atoms with van der Waals surface area (Å²) in [6.45, 7) is 5.07. The van der Waals surface area contributed by atoms with Crippen molar-refractivity contribution in [2.45, 2.75) is 12.5 Å². The molecule has 1 N–H and O–H groups in total. The fourth-order valence-electron chi connectivity index (χ4n) is 2.61. The first-order valence-electron chi connectivity index (χ1n) is 6.80. The molecule has 1 aromatic rings. The van der Waals surface area contributed by atoms with Gasteiger partial charge in [0.15, 0.2) is 0 Å². The van der Waals surface area contributed by atoms with Crippen molar-refractivity contribution in [2.75, 3.05) is 40.3 Å². The first kappa shape index (κ1) is 14.8. The summed E-state index contributed by atoms with van der Waals surface area (Å²) in [6, 6.07) is 7.30. The molecule has 0 aromatic heterocycles. The van der Waals surface area contributed by atoms with Crippen molar-refractivity contribution in [3.05, 3.63) is 29.8 Å². The van der Waals surface area contributed by atoms with E-state index in [1.807, 2.05) is 29.2 Å². The second kappa shape index (κ2) is 5.81. The van der Waals surface area contributed by atoms with Crippen LogP contribution in [0.4, 0.5) is 0 Å². The Kier molecular flexibility index (Phi) is 4.30. The molecule has 1 heterocycles. The zero-order valence-corrected chi connectivity index (χ0v) is 12.3. The summed E-state index contributed by atoms with van der Waals surface area (Å²) in [7, 11) is 3.66. The van der Waals surface area contributed by atoms with Crippen molar-refractivity contribution >= 4 is 5.97 Å². The molecule has 0 aliphatic carbocycles. The lowest BCUT2D eigenvalue weighted by Gasteiger charge is -2.42. The van der Waals surface area contributed by atoms with Crippen LogP contribution >= 0.6 is 0 Å². The van der Waals surface area contributed by atoms with Gasteiger partial charge in [-0.25, -0.2) is 4.79 Å². The van der Waals surface area contributed by atoms with Crippen LogP contribution in [0.15, 0.2) is 24.3 Å². The number of piperazine rings is 1. The molecule has 1 aliphatic heterocycles. The fraction of sp³-hybridized carbons (Fsp3) is 0.533. The van der Waals surface area contributed by atoms with Gasteiger partial charge in [-0.05, 0) is 31.7 Å². The minimum absolute atomic E-state index is 0.736. The second-order valence-corrected chi connectivity index (χ2v) is 5.40. The predicted molar refractivity (Wildman–Crippen MR) is 77.1 cm³/mol. The van der Waals surface area contributed by atoms with Crippen LogP contribution in [0.3, 0.4) is 0 Å². The number of hydrogen-bond donors (Lipinski definition) is 1. The zero-order chi connectivity index (χ0) is 14.8. The Morgan fingerprint density at radius 3 is 2.20 bits per heavy atom. The third-order valence-corrected chi connectivity index (χ3v) is 4.20. The van der Waals surface area contributed by atoms with Crippen LogP contribution in [0, 0.1) is 0 Å². The number of rotatable bonds is 4. The molecule has 1 saturated heterocycles. The smallest absolute Gasteiger partial charge is 0.328 e. The van der Waals surface area contributed by atoms with Gasteiger partial charge in [0.2, 0.25) is 0 Å². The van der Waals surface area contributed by atoms with E-state index in [1.165, 1.54) is 0 Å². The number of hydrogen-bond acceptors (Lipinski definition) is 4. The average Bonchev–Trinajstić information content (AvgIpc) is 2.47. The Balaban J connectivity index is 2.30. The lowest BCUT2D eigenvalue weighted by molar-refractivity contribution is -0.152. The Labute approximate surface area is 119 Å². The van der Waals surface area contributed by atoms with E-state index in [0.29, 0.717) is 0 Å². The number of nitrogens with zero attached hydrogens (tertiary/aromatic N) is 2. The highest BCUT2D eigenvalue weighted by atomic mass is 16.5. The Hall–Kier alpha value is -1.59. The van der Waals surface area contributed by atoms with Crippen molar-refractivity contribution in [3.63, 3.8) is 0 Å². The number of likely N-dealkylation sites (N-methyl/N-ethyl adjacent to an activating group) is 1. The van der Waals surface area contributed by atoms with Gasteiger partial charge in [-0.3, -0.25) is 4.90 Å². The van der Waals surface area contributed by atoms with Gasteiger partial charge in [-0.2, -0.15) is 0 Å². The van der Waals surface area contributed by atoms with E-state index in [-0.39, 0.29) is 0 Å². The third-order valence-electron chi connectivity index (χ3n) is 4.20. The SMILES string of the molecule is COc1ccc(C(C)(C(=O)O)N2CCN(C)CC2)cc1. The number of aliphatic carboxylic acids is 1. The lowest BCUT2D eigenvalue weighted by atomic mass is 9.89. The molecule has 1 atom stereocenters. The molecule has 1 fully saturated rings. The van der Waals surface area contributed by atoms with Crippen LogP contribution in [-0.2, 0) is 10.3 Å². The number of carboxylic acid groups (broad SMARTS) is 1. The summed E-state index contributed by atoms with van der Waals surface area (Å²) in [5, 5.41) is 9.74. The van der Waals surface area contributed by atoms with E-state index in [1.54, 1.807) is 14.0 Å². The predicted octanol–water partition coefficient (Wildman–Crippen LogP) is 1.24. The number of carbonyl (C=O) groups is 1. The Morgan fingerprint density at radius 1 is 1.20 bits per heavy atom. The van der Waals surface area contributed by atoms with Crippen LogP contribution in [0.1, 0.15) is 12.5 Å². The molecule has 1 aliphatic rings. The van der Waals surface area contributed by atoms with E-state index in [4.69, 9.17) is 4.74 Å². The molecule has 0 amide bonds. The van der Waals surface area contributed by atoms with E-state index < -0.39 is 11.5 Å². The summed E-state index contributed by atoms with van der Waals surface area (Å²) >= 11 is 0. The summed E-state index contributed by atoms with van der Waals surface area (Å²) < 4.78 is 5.13. The quantitative estimate of drug-likeness (QED) is 0.898. The van der Waals surface area contributed by atoms with Gasteiger partial charge >= 0.3 is 5.97 Å². The minimum Gasteiger partial charge on any atom is -0.497 e. The molecule has 20 heavy (non-hydrogen) atoms. The molecular weight excluding hydrogens is 256 g/mol. The number of ether oxygens (including phenoxy) is 1. The first-order valence-corrected chi connectivity index (χ1v) is 6.80. The van der Waals surface area contributed by atoms with Gasteiger partial charge in [0.25, 0.3) is 0 Å². The van der Waals surface area contributed by atoms with Crippen LogP contribution < -0.4 is 4.74 Å². The largest absolute Gasteiger partial charge is 0.497 e. The summed E-state index contributed by atoms with van der Waals surface area (Å²) in [5.41, 5.74) is -0.205. The maximum atomic E-state index is 11.9. The number of methoxy groups -OCH3 is 1.